The summed E-state index contributed by atoms with van der Waals surface area (Å²) in [6, 6.07) is 11.1. The van der Waals surface area contributed by atoms with Gasteiger partial charge in [-0.2, -0.15) is 0 Å². The molecule has 1 unspecified atom stereocenters. The topological polar surface area (TPSA) is 29.5 Å². The SMILES string of the molecule is Cc1ccc(C(O)COc2ccccc2Cl)s1. The summed E-state index contributed by atoms with van der Waals surface area (Å²) in [5.74, 6) is 0.599. The highest BCUT2D eigenvalue weighted by molar-refractivity contribution is 7.12. The molecule has 1 heterocycles. The third-order valence-corrected chi connectivity index (χ3v) is 3.74. The maximum atomic E-state index is 9.93. The van der Waals surface area contributed by atoms with Crippen LogP contribution in [0.1, 0.15) is 15.9 Å². The molecule has 0 radical (unpaired) electrons. The average Bonchev–Trinajstić information content (AvgIpc) is 2.74. The molecule has 1 aromatic carbocycles. The van der Waals surface area contributed by atoms with Gasteiger partial charge in [0.05, 0.1) is 5.02 Å². The van der Waals surface area contributed by atoms with Crippen molar-refractivity contribution in [1.82, 2.24) is 0 Å². The van der Waals surface area contributed by atoms with Gasteiger partial charge in [-0.15, -0.1) is 11.3 Å². The van der Waals surface area contributed by atoms with Gasteiger partial charge in [0.25, 0.3) is 0 Å². The Hall–Kier alpha value is -1.03. The Kier molecular flexibility index (Phi) is 4.05. The van der Waals surface area contributed by atoms with E-state index < -0.39 is 6.10 Å². The lowest BCUT2D eigenvalue weighted by atomic mass is 10.3. The molecule has 4 heteroatoms. The van der Waals surface area contributed by atoms with Gasteiger partial charge >= 0.3 is 0 Å². The number of aryl methyl sites for hydroxylation is 1. The minimum Gasteiger partial charge on any atom is -0.489 e. The summed E-state index contributed by atoms with van der Waals surface area (Å²) in [5.41, 5.74) is 0. The zero-order valence-corrected chi connectivity index (χ0v) is 11.0. The van der Waals surface area contributed by atoms with E-state index in [0.717, 1.165) is 4.88 Å². The number of rotatable bonds is 4. The van der Waals surface area contributed by atoms with Gasteiger partial charge in [-0.25, -0.2) is 0 Å². The number of ether oxygens (including phenoxy) is 1. The second kappa shape index (κ2) is 5.54. The van der Waals surface area contributed by atoms with Crippen molar-refractivity contribution in [3.63, 3.8) is 0 Å². The van der Waals surface area contributed by atoms with Gasteiger partial charge in [0, 0.05) is 9.75 Å². The van der Waals surface area contributed by atoms with Crippen LogP contribution in [0.2, 0.25) is 5.02 Å². The fourth-order valence-electron chi connectivity index (χ4n) is 1.45. The molecule has 1 N–H and O–H groups in total. The lowest BCUT2D eigenvalue weighted by molar-refractivity contribution is 0.111. The molecule has 90 valence electrons. The molecule has 0 saturated carbocycles. The van der Waals surface area contributed by atoms with E-state index in [0.29, 0.717) is 10.8 Å². The van der Waals surface area contributed by atoms with Crippen LogP contribution in [0.4, 0.5) is 0 Å². The highest BCUT2D eigenvalue weighted by Gasteiger charge is 2.11. The lowest BCUT2D eigenvalue weighted by Gasteiger charge is -2.11. The summed E-state index contributed by atoms with van der Waals surface area (Å²) in [5, 5.41) is 10.5. The van der Waals surface area contributed by atoms with Crippen LogP contribution in [0.25, 0.3) is 0 Å². The first-order valence-corrected chi connectivity index (χ1v) is 6.48. The molecule has 2 rings (SSSR count). The number of aliphatic hydroxyl groups excluding tert-OH is 1. The molecule has 2 aromatic rings. The van der Waals surface area contributed by atoms with Gasteiger partial charge in [-0.05, 0) is 31.2 Å². The van der Waals surface area contributed by atoms with Crippen LogP contribution in [0.15, 0.2) is 36.4 Å². The summed E-state index contributed by atoms with van der Waals surface area (Å²) in [6.07, 6.45) is -0.607. The molecule has 0 aliphatic carbocycles. The van der Waals surface area contributed by atoms with E-state index >= 15 is 0 Å². The maximum Gasteiger partial charge on any atom is 0.138 e. The van der Waals surface area contributed by atoms with E-state index in [4.69, 9.17) is 16.3 Å². The monoisotopic (exact) mass is 268 g/mol. The van der Waals surface area contributed by atoms with Crippen LogP contribution in [-0.2, 0) is 0 Å². The molecule has 0 aliphatic heterocycles. The standard InChI is InChI=1S/C13H13ClO2S/c1-9-6-7-13(17-9)11(15)8-16-12-5-3-2-4-10(12)14/h2-7,11,15H,8H2,1H3. The molecular formula is C13H13ClO2S. The number of benzene rings is 1. The van der Waals surface area contributed by atoms with Crippen molar-refractivity contribution in [3.8, 4) is 5.75 Å². The Balaban J connectivity index is 1.97. The summed E-state index contributed by atoms with van der Waals surface area (Å²) >= 11 is 7.53. The number of hydrogen-bond acceptors (Lipinski definition) is 3. The number of thiophene rings is 1. The first-order chi connectivity index (χ1) is 8.16. The van der Waals surface area contributed by atoms with Crippen LogP contribution in [0.5, 0.6) is 5.75 Å². The second-order valence-electron chi connectivity index (χ2n) is 3.71. The second-order valence-corrected chi connectivity index (χ2v) is 5.43. The Labute approximate surface area is 109 Å². The molecular weight excluding hydrogens is 256 g/mol. The largest absolute Gasteiger partial charge is 0.489 e. The summed E-state index contributed by atoms with van der Waals surface area (Å²) in [6.45, 7) is 2.22. The lowest BCUT2D eigenvalue weighted by Crippen LogP contribution is -2.08. The van der Waals surface area contributed by atoms with Gasteiger partial charge in [0.1, 0.15) is 18.5 Å². The predicted molar refractivity (Wildman–Crippen MR) is 71.0 cm³/mol. The predicted octanol–water partition coefficient (Wildman–Crippen LogP) is 3.82. The molecule has 2 nitrogen and oxygen atoms in total. The van der Waals surface area contributed by atoms with Crippen molar-refractivity contribution in [2.45, 2.75) is 13.0 Å². The molecule has 0 bridgehead atoms. The minimum absolute atomic E-state index is 0.212. The molecule has 0 fully saturated rings. The molecule has 0 spiro atoms. The van der Waals surface area contributed by atoms with Gasteiger partial charge in [0.15, 0.2) is 0 Å². The van der Waals surface area contributed by atoms with E-state index in [1.54, 1.807) is 23.5 Å². The first kappa shape index (κ1) is 12.4. The van der Waals surface area contributed by atoms with Crippen molar-refractivity contribution < 1.29 is 9.84 Å². The van der Waals surface area contributed by atoms with Crippen molar-refractivity contribution >= 4 is 22.9 Å². The third-order valence-electron chi connectivity index (χ3n) is 2.32. The van der Waals surface area contributed by atoms with Crippen molar-refractivity contribution in [1.29, 1.82) is 0 Å². The van der Waals surface area contributed by atoms with Crippen molar-refractivity contribution in [3.05, 3.63) is 51.2 Å². The van der Waals surface area contributed by atoms with Crippen LogP contribution in [-0.4, -0.2) is 11.7 Å². The Morgan fingerprint density at radius 2 is 2.06 bits per heavy atom. The van der Waals surface area contributed by atoms with Crippen LogP contribution < -0.4 is 4.74 Å². The van der Waals surface area contributed by atoms with E-state index in [1.165, 1.54) is 4.88 Å². The fraction of sp³-hybridized carbons (Fsp3) is 0.231. The van der Waals surface area contributed by atoms with Crippen LogP contribution in [0, 0.1) is 6.92 Å². The van der Waals surface area contributed by atoms with Gasteiger partial charge in [-0.1, -0.05) is 23.7 Å². The Morgan fingerprint density at radius 1 is 1.29 bits per heavy atom. The number of aliphatic hydroxyl groups is 1. The smallest absolute Gasteiger partial charge is 0.138 e. The first-order valence-electron chi connectivity index (χ1n) is 5.28. The van der Waals surface area contributed by atoms with E-state index in [2.05, 4.69) is 0 Å². The van der Waals surface area contributed by atoms with Crippen molar-refractivity contribution in [2.75, 3.05) is 6.61 Å². The zero-order chi connectivity index (χ0) is 12.3. The van der Waals surface area contributed by atoms with E-state index in [1.807, 2.05) is 31.2 Å². The summed E-state index contributed by atoms with van der Waals surface area (Å²) < 4.78 is 5.49. The van der Waals surface area contributed by atoms with Gasteiger partial charge in [-0.3, -0.25) is 0 Å². The molecule has 1 aromatic heterocycles. The maximum absolute atomic E-state index is 9.93. The molecule has 1 atom stereocenters. The molecule has 0 saturated heterocycles. The zero-order valence-electron chi connectivity index (χ0n) is 9.39. The Bertz CT molecular complexity index is 496. The summed E-state index contributed by atoms with van der Waals surface area (Å²) in [4.78, 5) is 2.09. The quantitative estimate of drug-likeness (QED) is 0.913. The van der Waals surface area contributed by atoms with Crippen LogP contribution >= 0.6 is 22.9 Å². The Morgan fingerprint density at radius 3 is 2.71 bits per heavy atom. The van der Waals surface area contributed by atoms with Gasteiger partial charge in [0.2, 0.25) is 0 Å². The van der Waals surface area contributed by atoms with Gasteiger partial charge < -0.3 is 9.84 Å². The summed E-state index contributed by atoms with van der Waals surface area (Å²) in [7, 11) is 0. The number of hydrogen-bond donors (Lipinski definition) is 1. The third kappa shape index (κ3) is 3.22. The normalized spacial score (nSPS) is 12.4. The van der Waals surface area contributed by atoms with Crippen molar-refractivity contribution in [2.24, 2.45) is 0 Å². The molecule has 17 heavy (non-hydrogen) atoms. The van der Waals surface area contributed by atoms with Crippen LogP contribution in [0.3, 0.4) is 0 Å². The highest BCUT2D eigenvalue weighted by atomic mass is 35.5. The number of para-hydroxylation sites is 1. The molecule has 0 aliphatic rings. The average molecular weight is 269 g/mol. The van der Waals surface area contributed by atoms with E-state index in [9.17, 15) is 5.11 Å². The molecule has 0 amide bonds. The van der Waals surface area contributed by atoms with E-state index in [-0.39, 0.29) is 6.61 Å². The number of halogens is 1. The minimum atomic E-state index is -0.607. The highest BCUT2D eigenvalue weighted by Crippen LogP contribution is 2.26. The fourth-order valence-corrected chi connectivity index (χ4v) is 2.48.